The second kappa shape index (κ2) is 6.86. The zero-order valence-electron chi connectivity index (χ0n) is 12.1. The third-order valence-corrected chi connectivity index (χ3v) is 3.83. The van der Waals surface area contributed by atoms with E-state index in [1.807, 2.05) is 30.0 Å². The summed E-state index contributed by atoms with van der Waals surface area (Å²) >= 11 is 0. The number of carbonyl (C=O) groups is 1. The number of fused-ring (bicyclic) bond motifs is 1. The number of carbonyl (C=O) groups excluding carboxylic acids is 1. The van der Waals surface area contributed by atoms with Crippen molar-refractivity contribution in [1.82, 2.24) is 0 Å². The van der Waals surface area contributed by atoms with Crippen molar-refractivity contribution < 1.29 is 9.90 Å². The Morgan fingerprint density at radius 2 is 2.30 bits per heavy atom. The largest absolute Gasteiger partial charge is 0.388 e. The predicted molar refractivity (Wildman–Crippen MR) is 80.7 cm³/mol. The Bertz CT molecular complexity index is 474. The number of amides is 1. The molecule has 20 heavy (non-hydrogen) atoms. The van der Waals surface area contributed by atoms with E-state index in [9.17, 15) is 9.90 Å². The Morgan fingerprint density at radius 1 is 1.50 bits per heavy atom. The first-order chi connectivity index (χ1) is 9.67. The summed E-state index contributed by atoms with van der Waals surface area (Å²) in [4.78, 5) is 13.9. The van der Waals surface area contributed by atoms with Crippen molar-refractivity contribution in [3.63, 3.8) is 0 Å². The van der Waals surface area contributed by atoms with Gasteiger partial charge in [-0.1, -0.05) is 19.1 Å². The van der Waals surface area contributed by atoms with Crippen LogP contribution in [0.25, 0.3) is 0 Å². The number of nitrogens with two attached hydrogens (primary N) is 1. The summed E-state index contributed by atoms with van der Waals surface area (Å²) in [5, 5.41) is 10.1. The Balaban J connectivity index is 2.12. The summed E-state index contributed by atoms with van der Waals surface area (Å²) < 4.78 is 0. The monoisotopic (exact) mass is 276 g/mol. The maximum Gasteiger partial charge on any atom is 0.226 e. The fourth-order valence-corrected chi connectivity index (χ4v) is 2.71. The molecule has 0 fully saturated rings. The topological polar surface area (TPSA) is 66.6 Å². The van der Waals surface area contributed by atoms with E-state index in [0.29, 0.717) is 19.4 Å². The molecule has 0 spiro atoms. The Hall–Kier alpha value is -1.39. The Morgan fingerprint density at radius 3 is 3.00 bits per heavy atom. The first-order valence-electron chi connectivity index (χ1n) is 7.48. The summed E-state index contributed by atoms with van der Waals surface area (Å²) in [6.07, 6.45) is 3.40. The molecule has 0 aromatic heterocycles. The van der Waals surface area contributed by atoms with Crippen LogP contribution in [0.2, 0.25) is 0 Å². The molecule has 0 bridgehead atoms. The van der Waals surface area contributed by atoms with E-state index in [1.165, 1.54) is 5.56 Å². The number of benzene rings is 1. The molecular formula is C16H24N2O2. The zero-order valence-corrected chi connectivity index (χ0v) is 12.1. The van der Waals surface area contributed by atoms with Crippen molar-refractivity contribution in [3.05, 3.63) is 29.3 Å². The normalized spacial score (nSPS) is 15.2. The number of aliphatic hydroxyl groups excluding tert-OH is 1. The van der Waals surface area contributed by atoms with E-state index in [4.69, 9.17) is 5.73 Å². The minimum atomic E-state index is -0.454. The molecule has 2 rings (SSSR count). The van der Waals surface area contributed by atoms with Crippen molar-refractivity contribution >= 4 is 11.6 Å². The lowest BCUT2D eigenvalue weighted by Gasteiger charge is -2.18. The molecule has 1 aliphatic rings. The lowest BCUT2D eigenvalue weighted by molar-refractivity contribution is -0.118. The van der Waals surface area contributed by atoms with E-state index < -0.39 is 6.10 Å². The molecule has 0 saturated carbocycles. The molecular weight excluding hydrogens is 252 g/mol. The van der Waals surface area contributed by atoms with Crippen LogP contribution in [0.4, 0.5) is 5.69 Å². The molecule has 0 saturated heterocycles. The van der Waals surface area contributed by atoms with Crippen LogP contribution >= 0.6 is 0 Å². The van der Waals surface area contributed by atoms with Gasteiger partial charge in [0.15, 0.2) is 0 Å². The number of hydrogen-bond donors (Lipinski definition) is 2. The second-order valence-corrected chi connectivity index (χ2v) is 5.38. The number of rotatable bonds is 6. The smallest absolute Gasteiger partial charge is 0.226 e. The van der Waals surface area contributed by atoms with E-state index in [1.54, 1.807) is 0 Å². The number of anilines is 1. The minimum absolute atomic E-state index is 0.197. The highest BCUT2D eigenvalue weighted by Gasteiger charge is 2.24. The maximum absolute atomic E-state index is 12.0. The number of hydrogen-bond acceptors (Lipinski definition) is 3. The van der Waals surface area contributed by atoms with Gasteiger partial charge in [0.2, 0.25) is 5.91 Å². The van der Waals surface area contributed by atoms with E-state index in [2.05, 4.69) is 0 Å². The highest BCUT2D eigenvalue weighted by Crippen LogP contribution is 2.32. The molecule has 0 radical (unpaired) electrons. The number of aliphatic hydroxyl groups is 1. The maximum atomic E-state index is 12.0. The molecule has 1 heterocycles. The molecule has 1 aromatic carbocycles. The van der Waals surface area contributed by atoms with Gasteiger partial charge < -0.3 is 15.7 Å². The van der Waals surface area contributed by atoms with Gasteiger partial charge in [0, 0.05) is 18.7 Å². The lowest BCUT2D eigenvalue weighted by atomic mass is 10.0. The van der Waals surface area contributed by atoms with Gasteiger partial charge in [-0.15, -0.1) is 0 Å². The van der Waals surface area contributed by atoms with Gasteiger partial charge in [0.25, 0.3) is 0 Å². The van der Waals surface area contributed by atoms with Crippen LogP contribution in [0, 0.1) is 0 Å². The van der Waals surface area contributed by atoms with Crippen LogP contribution in [0.5, 0.6) is 0 Å². The third kappa shape index (κ3) is 3.19. The van der Waals surface area contributed by atoms with Crippen LogP contribution in [0.3, 0.4) is 0 Å². The van der Waals surface area contributed by atoms with Gasteiger partial charge in [-0.05, 0) is 49.4 Å². The SMILES string of the molecule is CCCC(=O)N1CCc2cc(C(O)CCCN)ccc21. The van der Waals surface area contributed by atoms with Gasteiger partial charge in [-0.25, -0.2) is 0 Å². The van der Waals surface area contributed by atoms with Crippen molar-refractivity contribution in [3.8, 4) is 0 Å². The standard InChI is InChI=1S/C16H24N2O2/c1-2-4-16(20)18-10-8-12-11-13(6-7-14(12)18)15(19)5-3-9-17/h6-7,11,15,19H,2-5,8-10,17H2,1H3. The Kier molecular flexibility index (Phi) is 5.15. The van der Waals surface area contributed by atoms with Crippen LogP contribution in [-0.4, -0.2) is 24.1 Å². The second-order valence-electron chi connectivity index (χ2n) is 5.38. The molecule has 1 aromatic rings. The lowest BCUT2D eigenvalue weighted by Crippen LogP contribution is -2.28. The van der Waals surface area contributed by atoms with E-state index >= 15 is 0 Å². The molecule has 4 heteroatoms. The summed E-state index contributed by atoms with van der Waals surface area (Å²) in [6.45, 7) is 3.38. The molecule has 4 nitrogen and oxygen atoms in total. The predicted octanol–water partition coefficient (Wildman–Crippen LogP) is 2.15. The number of nitrogens with zero attached hydrogens (tertiary/aromatic N) is 1. The van der Waals surface area contributed by atoms with Crippen molar-refractivity contribution in [2.75, 3.05) is 18.0 Å². The molecule has 1 amide bonds. The molecule has 1 unspecified atom stereocenters. The van der Waals surface area contributed by atoms with Crippen LogP contribution < -0.4 is 10.6 Å². The third-order valence-electron chi connectivity index (χ3n) is 3.83. The summed E-state index contributed by atoms with van der Waals surface area (Å²) in [6, 6.07) is 5.93. The highest BCUT2D eigenvalue weighted by molar-refractivity contribution is 5.95. The van der Waals surface area contributed by atoms with Gasteiger partial charge in [-0.2, -0.15) is 0 Å². The van der Waals surface area contributed by atoms with Crippen LogP contribution in [0.1, 0.15) is 49.8 Å². The molecule has 110 valence electrons. The first-order valence-corrected chi connectivity index (χ1v) is 7.48. The summed E-state index contributed by atoms with van der Waals surface area (Å²) in [5.74, 6) is 0.197. The molecule has 3 N–H and O–H groups in total. The minimum Gasteiger partial charge on any atom is -0.388 e. The fourth-order valence-electron chi connectivity index (χ4n) is 2.71. The Labute approximate surface area is 120 Å². The zero-order chi connectivity index (χ0) is 14.5. The van der Waals surface area contributed by atoms with Crippen molar-refractivity contribution in [2.45, 2.75) is 45.1 Å². The van der Waals surface area contributed by atoms with E-state index in [-0.39, 0.29) is 5.91 Å². The van der Waals surface area contributed by atoms with Crippen molar-refractivity contribution in [2.24, 2.45) is 5.73 Å². The van der Waals surface area contributed by atoms with E-state index in [0.717, 1.165) is 37.1 Å². The average molecular weight is 276 g/mol. The van der Waals surface area contributed by atoms with Gasteiger partial charge in [0.05, 0.1) is 6.10 Å². The highest BCUT2D eigenvalue weighted by atomic mass is 16.3. The van der Waals surface area contributed by atoms with Gasteiger partial charge in [-0.3, -0.25) is 4.79 Å². The van der Waals surface area contributed by atoms with Gasteiger partial charge in [0.1, 0.15) is 0 Å². The first kappa shape index (κ1) is 15.0. The quantitative estimate of drug-likeness (QED) is 0.836. The average Bonchev–Trinajstić information content (AvgIpc) is 2.88. The van der Waals surface area contributed by atoms with Crippen LogP contribution in [0.15, 0.2) is 18.2 Å². The molecule has 1 aliphatic heterocycles. The van der Waals surface area contributed by atoms with Gasteiger partial charge >= 0.3 is 0 Å². The summed E-state index contributed by atoms with van der Waals surface area (Å²) in [7, 11) is 0. The molecule has 1 atom stereocenters. The van der Waals surface area contributed by atoms with Crippen molar-refractivity contribution in [1.29, 1.82) is 0 Å². The van der Waals surface area contributed by atoms with Crippen LogP contribution in [-0.2, 0) is 11.2 Å². The fraction of sp³-hybridized carbons (Fsp3) is 0.562. The summed E-state index contributed by atoms with van der Waals surface area (Å²) in [5.41, 5.74) is 8.58. The molecule has 0 aliphatic carbocycles.